The number of aromatic nitrogens is 4. The maximum absolute atomic E-state index is 5.51. The topological polar surface area (TPSA) is 82.8 Å². The molecule has 0 aliphatic heterocycles. The lowest BCUT2D eigenvalue weighted by Gasteiger charge is -2.01. The zero-order valence-electron chi connectivity index (χ0n) is 7.84. The number of aryl methyl sites for hydroxylation is 1. The van der Waals surface area contributed by atoms with Crippen LogP contribution in [0.5, 0.6) is 0 Å². The van der Waals surface area contributed by atoms with E-state index < -0.39 is 0 Å². The third-order valence-electron chi connectivity index (χ3n) is 1.87. The highest BCUT2D eigenvalue weighted by atomic mass is 16.5. The van der Waals surface area contributed by atoms with E-state index in [4.69, 9.17) is 10.3 Å². The lowest BCUT2D eigenvalue weighted by Crippen LogP contribution is -2.09. The molecule has 2 aromatic heterocycles. The van der Waals surface area contributed by atoms with Crippen molar-refractivity contribution in [3.63, 3.8) is 0 Å². The molecular weight excluding hydrogens is 182 g/mol. The van der Waals surface area contributed by atoms with Gasteiger partial charge in [-0.15, -0.1) is 0 Å². The summed E-state index contributed by atoms with van der Waals surface area (Å²) in [5, 5.41) is 3.79. The molecule has 0 fully saturated rings. The molecule has 0 amide bonds. The third-order valence-corrected chi connectivity index (χ3v) is 1.87. The molecule has 2 rings (SSSR count). The van der Waals surface area contributed by atoms with Crippen LogP contribution in [0.4, 0.5) is 0 Å². The Kier molecular flexibility index (Phi) is 2.28. The van der Waals surface area contributed by atoms with E-state index in [0.29, 0.717) is 24.8 Å². The summed E-state index contributed by atoms with van der Waals surface area (Å²) >= 11 is 0. The first kappa shape index (κ1) is 8.89. The van der Waals surface area contributed by atoms with E-state index in [-0.39, 0.29) is 0 Å². The van der Waals surface area contributed by atoms with Gasteiger partial charge in [-0.3, -0.25) is 0 Å². The highest BCUT2D eigenvalue weighted by molar-refractivity contribution is 4.96. The summed E-state index contributed by atoms with van der Waals surface area (Å²) in [5.41, 5.74) is 5.51. The number of nitrogens with two attached hydrogens (primary N) is 1. The number of nitrogens with zero attached hydrogens (tertiary/aromatic N) is 4. The molecule has 0 spiro atoms. The lowest BCUT2D eigenvalue weighted by atomic mass is 10.5. The van der Waals surface area contributed by atoms with Crippen LogP contribution in [-0.2, 0) is 13.1 Å². The molecule has 0 unspecified atom stereocenters. The highest BCUT2D eigenvalue weighted by Gasteiger charge is 2.05. The fourth-order valence-corrected chi connectivity index (χ4v) is 1.23. The minimum atomic E-state index is 0.407. The summed E-state index contributed by atoms with van der Waals surface area (Å²) in [4.78, 5) is 8.18. The summed E-state index contributed by atoms with van der Waals surface area (Å²) in [5.74, 6) is 2.01. The fraction of sp³-hybridized carbons (Fsp3) is 0.375. The normalized spacial score (nSPS) is 10.7. The van der Waals surface area contributed by atoms with Gasteiger partial charge in [0.2, 0.25) is 5.89 Å². The Morgan fingerprint density at radius 1 is 1.57 bits per heavy atom. The Bertz CT molecular complexity index is 419. The molecule has 0 aliphatic carbocycles. The van der Waals surface area contributed by atoms with Crippen LogP contribution in [0.3, 0.4) is 0 Å². The van der Waals surface area contributed by atoms with Crippen LogP contribution in [-0.4, -0.2) is 19.7 Å². The number of rotatable bonds is 3. The number of hydrogen-bond acceptors (Lipinski definition) is 5. The average molecular weight is 193 g/mol. The molecule has 2 heterocycles. The van der Waals surface area contributed by atoms with Crippen molar-refractivity contribution in [3.05, 3.63) is 29.9 Å². The van der Waals surface area contributed by atoms with Gasteiger partial charge >= 0.3 is 0 Å². The van der Waals surface area contributed by atoms with E-state index in [1.807, 2.05) is 10.8 Å². The maximum atomic E-state index is 5.51. The van der Waals surface area contributed by atoms with Gasteiger partial charge in [0.25, 0.3) is 0 Å². The molecule has 0 bridgehead atoms. The summed E-state index contributed by atoms with van der Waals surface area (Å²) in [7, 11) is 0. The molecule has 0 aromatic carbocycles. The van der Waals surface area contributed by atoms with Crippen molar-refractivity contribution in [1.29, 1.82) is 0 Å². The van der Waals surface area contributed by atoms with Gasteiger partial charge in [0.15, 0.2) is 5.82 Å². The zero-order valence-corrected chi connectivity index (χ0v) is 7.84. The summed E-state index contributed by atoms with van der Waals surface area (Å²) < 4.78 is 6.75. The van der Waals surface area contributed by atoms with E-state index in [2.05, 4.69) is 15.1 Å². The second kappa shape index (κ2) is 3.59. The van der Waals surface area contributed by atoms with Crippen LogP contribution in [0.25, 0.3) is 0 Å². The molecule has 14 heavy (non-hydrogen) atoms. The van der Waals surface area contributed by atoms with Gasteiger partial charge in [-0.25, -0.2) is 4.98 Å². The molecule has 2 N–H and O–H groups in total. The van der Waals surface area contributed by atoms with Gasteiger partial charge in [-0.05, 0) is 0 Å². The van der Waals surface area contributed by atoms with E-state index >= 15 is 0 Å². The van der Waals surface area contributed by atoms with Crippen molar-refractivity contribution in [2.24, 2.45) is 5.73 Å². The first-order valence-electron chi connectivity index (χ1n) is 4.29. The van der Waals surface area contributed by atoms with Crippen LogP contribution < -0.4 is 5.73 Å². The van der Waals surface area contributed by atoms with Crippen molar-refractivity contribution in [3.8, 4) is 0 Å². The first-order chi connectivity index (χ1) is 6.79. The van der Waals surface area contributed by atoms with Crippen molar-refractivity contribution in [2.75, 3.05) is 0 Å². The van der Waals surface area contributed by atoms with Crippen molar-refractivity contribution in [2.45, 2.75) is 20.0 Å². The van der Waals surface area contributed by atoms with Crippen molar-refractivity contribution >= 4 is 0 Å². The number of imidazole rings is 1. The fourth-order valence-electron chi connectivity index (χ4n) is 1.23. The lowest BCUT2D eigenvalue weighted by molar-refractivity contribution is 0.386. The van der Waals surface area contributed by atoms with Gasteiger partial charge in [-0.1, -0.05) is 5.16 Å². The van der Waals surface area contributed by atoms with E-state index in [0.717, 1.165) is 5.82 Å². The Morgan fingerprint density at radius 2 is 2.43 bits per heavy atom. The van der Waals surface area contributed by atoms with Crippen molar-refractivity contribution < 1.29 is 4.52 Å². The second-order valence-corrected chi connectivity index (χ2v) is 2.91. The molecule has 0 saturated heterocycles. The minimum Gasteiger partial charge on any atom is -0.340 e. The quantitative estimate of drug-likeness (QED) is 0.746. The molecule has 0 saturated carbocycles. The molecule has 6 heteroatoms. The monoisotopic (exact) mass is 193 g/mol. The van der Waals surface area contributed by atoms with E-state index in [1.165, 1.54) is 0 Å². The second-order valence-electron chi connectivity index (χ2n) is 2.91. The average Bonchev–Trinajstić information content (AvgIpc) is 2.76. The minimum absolute atomic E-state index is 0.407. The smallest absolute Gasteiger partial charge is 0.223 e. The van der Waals surface area contributed by atoms with Crippen LogP contribution >= 0.6 is 0 Å². The summed E-state index contributed by atoms with van der Waals surface area (Å²) in [6.07, 6.45) is 3.54. The summed E-state index contributed by atoms with van der Waals surface area (Å²) in [6.45, 7) is 2.71. The standard InChI is InChI=1S/C8H11N5O/c1-6-11-7(12-14-6)5-13-3-2-10-8(13)4-9/h2-3H,4-5,9H2,1H3. The Morgan fingerprint density at radius 3 is 3.07 bits per heavy atom. The molecule has 0 radical (unpaired) electrons. The largest absolute Gasteiger partial charge is 0.340 e. The highest BCUT2D eigenvalue weighted by Crippen LogP contribution is 2.02. The Hall–Kier alpha value is -1.69. The van der Waals surface area contributed by atoms with Gasteiger partial charge < -0.3 is 14.8 Å². The van der Waals surface area contributed by atoms with Crippen LogP contribution in [0.2, 0.25) is 0 Å². The molecule has 2 aromatic rings. The molecule has 0 aliphatic rings. The van der Waals surface area contributed by atoms with E-state index in [1.54, 1.807) is 13.1 Å². The predicted octanol–water partition coefficient (Wildman–Crippen LogP) is 0.0815. The van der Waals surface area contributed by atoms with E-state index in [9.17, 15) is 0 Å². The molecule has 0 atom stereocenters. The van der Waals surface area contributed by atoms with Gasteiger partial charge in [0.05, 0.1) is 13.1 Å². The van der Waals surface area contributed by atoms with Crippen LogP contribution in [0.1, 0.15) is 17.5 Å². The van der Waals surface area contributed by atoms with Gasteiger partial charge in [-0.2, -0.15) is 4.98 Å². The predicted molar refractivity (Wildman–Crippen MR) is 48.3 cm³/mol. The number of hydrogen-bond donors (Lipinski definition) is 1. The first-order valence-corrected chi connectivity index (χ1v) is 4.29. The van der Waals surface area contributed by atoms with Crippen molar-refractivity contribution in [1.82, 2.24) is 19.7 Å². The summed E-state index contributed by atoms with van der Waals surface area (Å²) in [6, 6.07) is 0. The van der Waals surface area contributed by atoms with Crippen LogP contribution in [0.15, 0.2) is 16.9 Å². The zero-order chi connectivity index (χ0) is 9.97. The molecule has 74 valence electrons. The molecule has 6 nitrogen and oxygen atoms in total. The van der Waals surface area contributed by atoms with Crippen LogP contribution in [0, 0.1) is 6.92 Å². The Balaban J connectivity index is 2.18. The molecular formula is C8H11N5O. The SMILES string of the molecule is Cc1nc(Cn2ccnc2CN)no1. The Labute approximate surface area is 80.7 Å². The van der Waals surface area contributed by atoms with Gasteiger partial charge in [0.1, 0.15) is 5.82 Å². The third kappa shape index (κ3) is 1.64. The van der Waals surface area contributed by atoms with Gasteiger partial charge in [0, 0.05) is 19.3 Å². The maximum Gasteiger partial charge on any atom is 0.223 e.